The summed E-state index contributed by atoms with van der Waals surface area (Å²) in [5, 5.41) is 8.94. The number of piperidine rings is 1. The molecule has 2 unspecified atom stereocenters. The monoisotopic (exact) mass is 291 g/mol. The van der Waals surface area contributed by atoms with Gasteiger partial charge in [-0.15, -0.1) is 0 Å². The van der Waals surface area contributed by atoms with E-state index in [4.69, 9.17) is 9.84 Å². The summed E-state index contributed by atoms with van der Waals surface area (Å²) in [7, 11) is 0. The zero-order valence-corrected chi connectivity index (χ0v) is 12.9. The van der Waals surface area contributed by atoms with Crippen molar-refractivity contribution in [2.45, 2.75) is 26.7 Å². The van der Waals surface area contributed by atoms with Crippen LogP contribution in [0.4, 0.5) is 0 Å². The van der Waals surface area contributed by atoms with Gasteiger partial charge in [0, 0.05) is 19.6 Å². The number of carbonyl (C=O) groups is 1. The summed E-state index contributed by atoms with van der Waals surface area (Å²) in [5.41, 5.74) is 0.270. The van der Waals surface area contributed by atoms with Gasteiger partial charge in [0.25, 0.3) is 0 Å². The average molecular weight is 291 g/mol. The lowest BCUT2D eigenvalue weighted by Gasteiger charge is -2.34. The van der Waals surface area contributed by atoms with Crippen molar-refractivity contribution in [3.8, 4) is 5.75 Å². The minimum atomic E-state index is -0.920. The van der Waals surface area contributed by atoms with Crippen molar-refractivity contribution in [1.29, 1.82) is 0 Å². The van der Waals surface area contributed by atoms with Gasteiger partial charge in [-0.25, -0.2) is 4.79 Å². The minimum Gasteiger partial charge on any atom is -0.494 e. The third kappa shape index (κ3) is 5.05. The smallest absolute Gasteiger partial charge is 0.335 e. The molecule has 1 aliphatic rings. The average Bonchev–Trinajstić information content (AvgIpc) is 2.43. The molecule has 1 aromatic rings. The number of benzene rings is 1. The fourth-order valence-corrected chi connectivity index (χ4v) is 3.17. The van der Waals surface area contributed by atoms with E-state index in [0.29, 0.717) is 12.4 Å². The Hall–Kier alpha value is -1.55. The third-order valence-corrected chi connectivity index (χ3v) is 3.91. The highest BCUT2D eigenvalue weighted by atomic mass is 16.5. The molecular weight excluding hydrogens is 266 g/mol. The molecule has 0 spiro atoms. The first-order valence-electron chi connectivity index (χ1n) is 7.73. The fourth-order valence-electron chi connectivity index (χ4n) is 3.17. The number of hydrogen-bond acceptors (Lipinski definition) is 3. The molecule has 0 amide bonds. The number of carboxylic acids is 1. The molecule has 0 aromatic heterocycles. The largest absolute Gasteiger partial charge is 0.494 e. The summed E-state index contributed by atoms with van der Waals surface area (Å²) in [4.78, 5) is 13.4. The van der Waals surface area contributed by atoms with Crippen molar-refractivity contribution >= 4 is 5.97 Å². The number of hydrogen-bond donors (Lipinski definition) is 1. The zero-order valence-electron chi connectivity index (χ0n) is 12.9. The second-order valence-electron chi connectivity index (χ2n) is 6.24. The van der Waals surface area contributed by atoms with Gasteiger partial charge >= 0.3 is 5.97 Å². The van der Waals surface area contributed by atoms with Gasteiger partial charge in [-0.2, -0.15) is 0 Å². The summed E-state index contributed by atoms with van der Waals surface area (Å²) >= 11 is 0. The van der Waals surface area contributed by atoms with Gasteiger partial charge in [0.05, 0.1) is 12.2 Å². The molecule has 1 fully saturated rings. The van der Waals surface area contributed by atoms with Crippen molar-refractivity contribution in [3.63, 3.8) is 0 Å². The number of nitrogens with zero attached hydrogens (tertiary/aromatic N) is 1. The predicted molar refractivity (Wildman–Crippen MR) is 82.9 cm³/mol. The molecule has 1 saturated heterocycles. The second kappa shape index (κ2) is 7.46. The standard InChI is InChI=1S/C17H25NO3/c1-13-9-14(2)12-18(11-13)7-4-8-21-16-6-3-5-15(10-16)17(19)20/h3,5-6,10,13-14H,4,7-9,11-12H2,1-2H3,(H,19,20). The highest BCUT2D eigenvalue weighted by Crippen LogP contribution is 2.21. The normalized spacial score (nSPS) is 23.0. The first kappa shape index (κ1) is 15.8. The lowest BCUT2D eigenvalue weighted by molar-refractivity contribution is 0.0696. The first-order valence-corrected chi connectivity index (χ1v) is 7.73. The molecule has 0 aliphatic carbocycles. The maximum Gasteiger partial charge on any atom is 0.335 e. The first-order chi connectivity index (χ1) is 10.0. The zero-order chi connectivity index (χ0) is 15.2. The van der Waals surface area contributed by atoms with Crippen LogP contribution in [0.5, 0.6) is 5.75 Å². The maximum atomic E-state index is 10.9. The van der Waals surface area contributed by atoms with Crippen LogP contribution in [-0.2, 0) is 0 Å². The molecule has 1 N–H and O–H groups in total. The summed E-state index contributed by atoms with van der Waals surface area (Å²) in [6.45, 7) is 8.67. The quantitative estimate of drug-likeness (QED) is 0.818. The number of aromatic carboxylic acids is 1. The van der Waals surface area contributed by atoms with Crippen LogP contribution < -0.4 is 4.74 Å². The Morgan fingerprint density at radius 2 is 2.05 bits per heavy atom. The van der Waals surface area contributed by atoms with E-state index in [9.17, 15) is 4.79 Å². The van der Waals surface area contributed by atoms with Crippen LogP contribution in [0.15, 0.2) is 24.3 Å². The van der Waals surface area contributed by atoms with Crippen LogP contribution in [0.25, 0.3) is 0 Å². The Morgan fingerprint density at radius 1 is 1.33 bits per heavy atom. The number of likely N-dealkylation sites (tertiary alicyclic amines) is 1. The van der Waals surface area contributed by atoms with E-state index in [1.807, 2.05) is 0 Å². The molecule has 1 heterocycles. The molecule has 1 aromatic carbocycles. The van der Waals surface area contributed by atoms with Gasteiger partial charge < -0.3 is 14.7 Å². The van der Waals surface area contributed by atoms with Crippen LogP contribution >= 0.6 is 0 Å². The molecule has 4 heteroatoms. The molecule has 0 bridgehead atoms. The lowest BCUT2D eigenvalue weighted by atomic mass is 9.92. The SMILES string of the molecule is CC1CC(C)CN(CCCOc2cccc(C(=O)O)c2)C1. The molecule has 116 valence electrons. The van der Waals surface area contributed by atoms with E-state index < -0.39 is 5.97 Å². The van der Waals surface area contributed by atoms with Crippen LogP contribution in [0, 0.1) is 11.8 Å². The van der Waals surface area contributed by atoms with Crippen molar-refractivity contribution in [2.24, 2.45) is 11.8 Å². The second-order valence-corrected chi connectivity index (χ2v) is 6.24. The van der Waals surface area contributed by atoms with Gasteiger partial charge in [-0.3, -0.25) is 0 Å². The van der Waals surface area contributed by atoms with E-state index in [1.165, 1.54) is 19.5 Å². The Kier molecular flexibility index (Phi) is 5.62. The molecule has 2 rings (SSSR count). The summed E-state index contributed by atoms with van der Waals surface area (Å²) in [6.07, 6.45) is 2.30. The van der Waals surface area contributed by atoms with Crippen molar-refractivity contribution in [2.75, 3.05) is 26.2 Å². The molecule has 2 atom stereocenters. The summed E-state index contributed by atoms with van der Waals surface area (Å²) < 4.78 is 5.65. The van der Waals surface area contributed by atoms with E-state index in [2.05, 4.69) is 18.7 Å². The number of ether oxygens (including phenoxy) is 1. The van der Waals surface area contributed by atoms with Gasteiger partial charge in [-0.1, -0.05) is 19.9 Å². The van der Waals surface area contributed by atoms with Crippen LogP contribution in [-0.4, -0.2) is 42.2 Å². The fraction of sp³-hybridized carbons (Fsp3) is 0.588. The van der Waals surface area contributed by atoms with Gasteiger partial charge in [0.15, 0.2) is 0 Å². The molecule has 0 saturated carbocycles. The Labute approximate surface area is 126 Å². The molecular formula is C17H25NO3. The van der Waals surface area contributed by atoms with E-state index in [1.54, 1.807) is 24.3 Å². The number of carboxylic acid groups (broad SMARTS) is 1. The Morgan fingerprint density at radius 3 is 2.71 bits per heavy atom. The van der Waals surface area contributed by atoms with Crippen molar-refractivity contribution in [1.82, 2.24) is 4.90 Å². The topological polar surface area (TPSA) is 49.8 Å². The molecule has 21 heavy (non-hydrogen) atoms. The number of rotatable bonds is 6. The lowest BCUT2D eigenvalue weighted by Crippen LogP contribution is -2.39. The highest BCUT2D eigenvalue weighted by molar-refractivity contribution is 5.87. The van der Waals surface area contributed by atoms with Gasteiger partial charge in [0.1, 0.15) is 5.75 Å². The predicted octanol–water partition coefficient (Wildman–Crippen LogP) is 3.13. The van der Waals surface area contributed by atoms with Crippen molar-refractivity contribution in [3.05, 3.63) is 29.8 Å². The van der Waals surface area contributed by atoms with Crippen LogP contribution in [0.1, 0.15) is 37.0 Å². The van der Waals surface area contributed by atoms with Crippen molar-refractivity contribution < 1.29 is 14.6 Å². The Balaban J connectivity index is 1.72. The highest BCUT2D eigenvalue weighted by Gasteiger charge is 2.20. The minimum absolute atomic E-state index is 0.270. The maximum absolute atomic E-state index is 10.9. The van der Waals surface area contributed by atoms with Crippen LogP contribution in [0.3, 0.4) is 0 Å². The van der Waals surface area contributed by atoms with Crippen LogP contribution in [0.2, 0.25) is 0 Å². The van der Waals surface area contributed by atoms with E-state index >= 15 is 0 Å². The van der Waals surface area contributed by atoms with Gasteiger partial charge in [-0.05, 0) is 42.9 Å². The molecule has 0 radical (unpaired) electrons. The summed E-state index contributed by atoms with van der Waals surface area (Å²) in [5.74, 6) is 1.27. The molecule has 1 aliphatic heterocycles. The Bertz CT molecular complexity index is 465. The summed E-state index contributed by atoms with van der Waals surface area (Å²) in [6, 6.07) is 6.67. The third-order valence-electron chi connectivity index (χ3n) is 3.91. The molecule has 4 nitrogen and oxygen atoms in total. The van der Waals surface area contributed by atoms with E-state index in [0.717, 1.165) is 24.8 Å². The van der Waals surface area contributed by atoms with E-state index in [-0.39, 0.29) is 5.56 Å². The van der Waals surface area contributed by atoms with Gasteiger partial charge in [0.2, 0.25) is 0 Å².